The molecule has 2 heterocycles. The molecule has 0 atom stereocenters. The second-order valence-corrected chi connectivity index (χ2v) is 10.7. The molecule has 0 aliphatic carbocycles. The van der Waals surface area contributed by atoms with Gasteiger partial charge in [0.2, 0.25) is 0 Å². The third kappa shape index (κ3) is 6.18. The summed E-state index contributed by atoms with van der Waals surface area (Å²) in [5, 5.41) is 3.19. The number of aryl methyl sites for hydroxylation is 1. The van der Waals surface area contributed by atoms with Gasteiger partial charge in [-0.1, -0.05) is 58.0 Å². The number of aromatic nitrogens is 2. The van der Waals surface area contributed by atoms with Gasteiger partial charge >= 0.3 is 12.2 Å². The molecule has 9 heteroatoms. The highest BCUT2D eigenvalue weighted by Crippen LogP contribution is 2.34. The van der Waals surface area contributed by atoms with Crippen LogP contribution in [0.3, 0.4) is 0 Å². The number of nitrogens with zero attached hydrogens (tertiary/aromatic N) is 4. The van der Waals surface area contributed by atoms with Crippen LogP contribution in [0.4, 0.5) is 29.5 Å². The Morgan fingerprint density at radius 2 is 1.49 bits per heavy atom. The zero-order valence-corrected chi connectivity index (χ0v) is 23.4. The van der Waals surface area contributed by atoms with Crippen LogP contribution in [0.1, 0.15) is 67.5 Å². The number of benzene rings is 2. The average molecular weight is 540 g/mol. The van der Waals surface area contributed by atoms with Crippen molar-refractivity contribution in [2.45, 2.75) is 59.6 Å². The van der Waals surface area contributed by atoms with Gasteiger partial charge in [-0.15, -0.1) is 0 Å². The third-order valence-electron chi connectivity index (χ3n) is 7.28. The predicted molar refractivity (Wildman–Crippen MR) is 149 cm³/mol. The molecule has 2 amide bonds. The molecule has 4 rings (SSSR count). The van der Waals surface area contributed by atoms with Gasteiger partial charge in [0.1, 0.15) is 5.82 Å². The highest BCUT2D eigenvalue weighted by Gasteiger charge is 2.31. The number of alkyl halides is 3. The molecule has 6 nitrogen and oxygen atoms in total. The van der Waals surface area contributed by atoms with Crippen LogP contribution in [-0.2, 0) is 6.18 Å². The smallest absolute Gasteiger partial charge is 0.353 e. The second-order valence-electron chi connectivity index (χ2n) is 10.7. The van der Waals surface area contributed by atoms with Crippen LogP contribution in [0.25, 0.3) is 11.4 Å². The molecule has 1 aromatic heterocycles. The van der Waals surface area contributed by atoms with Gasteiger partial charge < -0.3 is 15.1 Å². The SMILES string of the molecule is Cc1nc(-c2cccc(C(F)(F)F)c2)nc(N2CCN(C(=O)Nc3c(C(C)C)cccc3C(C)C)CC2)c1C. The molecule has 0 bridgehead atoms. The summed E-state index contributed by atoms with van der Waals surface area (Å²) < 4.78 is 39.8. The first-order valence-corrected chi connectivity index (χ1v) is 13.3. The molecular formula is C30H36F3N5O. The highest BCUT2D eigenvalue weighted by atomic mass is 19.4. The monoisotopic (exact) mass is 539 g/mol. The molecule has 39 heavy (non-hydrogen) atoms. The number of carbonyl (C=O) groups is 1. The summed E-state index contributed by atoms with van der Waals surface area (Å²) in [7, 11) is 0. The first-order chi connectivity index (χ1) is 18.4. The maximum Gasteiger partial charge on any atom is 0.416 e. The molecule has 1 fully saturated rings. The Kier molecular flexibility index (Phi) is 8.18. The van der Waals surface area contributed by atoms with E-state index in [1.165, 1.54) is 6.07 Å². The van der Waals surface area contributed by atoms with E-state index in [-0.39, 0.29) is 23.7 Å². The minimum Gasteiger partial charge on any atom is -0.353 e. The van der Waals surface area contributed by atoms with Crippen LogP contribution >= 0.6 is 0 Å². The van der Waals surface area contributed by atoms with E-state index < -0.39 is 11.7 Å². The van der Waals surface area contributed by atoms with Gasteiger partial charge in [0.25, 0.3) is 0 Å². The van der Waals surface area contributed by atoms with E-state index >= 15 is 0 Å². The van der Waals surface area contributed by atoms with E-state index in [0.717, 1.165) is 34.5 Å². The van der Waals surface area contributed by atoms with Gasteiger partial charge in [-0.05, 0) is 48.9 Å². The third-order valence-corrected chi connectivity index (χ3v) is 7.28. The number of hydrogen-bond donors (Lipinski definition) is 1. The fourth-order valence-corrected chi connectivity index (χ4v) is 4.89. The lowest BCUT2D eigenvalue weighted by atomic mass is 9.93. The van der Waals surface area contributed by atoms with Crippen molar-refractivity contribution in [3.8, 4) is 11.4 Å². The molecule has 0 unspecified atom stereocenters. The van der Waals surface area contributed by atoms with E-state index in [2.05, 4.69) is 60.0 Å². The number of amides is 2. The van der Waals surface area contributed by atoms with Crippen molar-refractivity contribution in [3.05, 3.63) is 70.4 Å². The number of hydrogen-bond acceptors (Lipinski definition) is 4. The maximum absolute atomic E-state index is 13.3. The lowest BCUT2D eigenvalue weighted by molar-refractivity contribution is -0.137. The summed E-state index contributed by atoms with van der Waals surface area (Å²) in [6.45, 7) is 14.3. The van der Waals surface area contributed by atoms with Crippen LogP contribution in [0.2, 0.25) is 0 Å². The maximum atomic E-state index is 13.3. The lowest BCUT2D eigenvalue weighted by Gasteiger charge is -2.36. The number of carbonyl (C=O) groups excluding carboxylic acids is 1. The van der Waals surface area contributed by atoms with Gasteiger partial charge in [-0.3, -0.25) is 0 Å². The molecule has 1 N–H and O–H groups in total. The summed E-state index contributed by atoms with van der Waals surface area (Å²) in [5.41, 5.74) is 4.28. The first kappa shape index (κ1) is 28.4. The fourth-order valence-electron chi connectivity index (χ4n) is 4.89. The van der Waals surface area contributed by atoms with Gasteiger partial charge in [-0.2, -0.15) is 13.2 Å². The van der Waals surface area contributed by atoms with E-state index in [0.29, 0.717) is 43.3 Å². The summed E-state index contributed by atoms with van der Waals surface area (Å²) in [6.07, 6.45) is -4.44. The minimum atomic E-state index is -4.44. The van der Waals surface area contributed by atoms with Crippen molar-refractivity contribution in [2.75, 3.05) is 36.4 Å². The van der Waals surface area contributed by atoms with Crippen molar-refractivity contribution in [3.63, 3.8) is 0 Å². The van der Waals surface area contributed by atoms with Gasteiger partial charge in [0.05, 0.1) is 5.56 Å². The second kappa shape index (κ2) is 11.2. The Hall–Kier alpha value is -3.62. The number of rotatable bonds is 5. The van der Waals surface area contributed by atoms with E-state index in [1.54, 1.807) is 11.0 Å². The predicted octanol–water partition coefficient (Wildman–Crippen LogP) is 7.38. The number of halogens is 3. The zero-order chi connectivity index (χ0) is 28.5. The van der Waals surface area contributed by atoms with Crippen LogP contribution in [0.5, 0.6) is 0 Å². The van der Waals surface area contributed by atoms with Crippen molar-refractivity contribution < 1.29 is 18.0 Å². The Morgan fingerprint density at radius 1 is 0.897 bits per heavy atom. The topological polar surface area (TPSA) is 61.4 Å². The fraction of sp³-hybridized carbons (Fsp3) is 0.433. The molecule has 1 aliphatic rings. The zero-order valence-electron chi connectivity index (χ0n) is 23.4. The normalized spacial score (nSPS) is 14.3. The summed E-state index contributed by atoms with van der Waals surface area (Å²) in [6, 6.07) is 11.1. The van der Waals surface area contributed by atoms with Gasteiger partial charge in [0.15, 0.2) is 5.82 Å². The molecule has 3 aromatic rings. The quantitative estimate of drug-likeness (QED) is 0.368. The van der Waals surface area contributed by atoms with Crippen LogP contribution in [0, 0.1) is 13.8 Å². The van der Waals surface area contributed by atoms with Crippen LogP contribution in [-0.4, -0.2) is 47.1 Å². The van der Waals surface area contributed by atoms with Crippen LogP contribution < -0.4 is 10.2 Å². The summed E-state index contributed by atoms with van der Waals surface area (Å²) >= 11 is 0. The Balaban J connectivity index is 1.52. The Labute approximate surface area is 228 Å². The van der Waals surface area contributed by atoms with E-state index in [4.69, 9.17) is 0 Å². The van der Waals surface area contributed by atoms with Gasteiger partial charge in [0, 0.05) is 48.7 Å². The molecule has 0 radical (unpaired) electrons. The largest absolute Gasteiger partial charge is 0.416 e. The summed E-state index contributed by atoms with van der Waals surface area (Å²) in [4.78, 5) is 26.3. The summed E-state index contributed by atoms with van der Waals surface area (Å²) in [5.74, 6) is 1.48. The van der Waals surface area contributed by atoms with Crippen molar-refractivity contribution in [1.82, 2.24) is 14.9 Å². The van der Waals surface area contributed by atoms with Gasteiger partial charge in [-0.25, -0.2) is 14.8 Å². The number of anilines is 2. The molecule has 2 aromatic carbocycles. The average Bonchev–Trinajstić information content (AvgIpc) is 2.89. The Bertz CT molecular complexity index is 1320. The number of urea groups is 1. The highest BCUT2D eigenvalue weighted by molar-refractivity contribution is 5.91. The standard InChI is InChI=1S/C30H36F3N5O/c1-18(2)24-11-8-12-25(19(3)4)26(24)35-29(39)38-15-13-37(14-16-38)28-20(5)21(6)34-27(36-28)22-9-7-10-23(17-22)30(31,32)33/h7-12,17-19H,13-16H2,1-6H3,(H,35,39). The Morgan fingerprint density at radius 3 is 2.05 bits per heavy atom. The van der Waals surface area contributed by atoms with Crippen LogP contribution in [0.15, 0.2) is 42.5 Å². The minimum absolute atomic E-state index is 0.134. The lowest BCUT2D eigenvalue weighted by Crippen LogP contribution is -2.50. The molecule has 0 spiro atoms. The van der Waals surface area contributed by atoms with E-state index in [1.807, 2.05) is 19.9 Å². The van der Waals surface area contributed by atoms with Crippen molar-refractivity contribution in [1.29, 1.82) is 0 Å². The molecular weight excluding hydrogens is 503 g/mol. The number of nitrogens with one attached hydrogen (secondary N) is 1. The molecule has 208 valence electrons. The first-order valence-electron chi connectivity index (χ1n) is 13.3. The number of para-hydroxylation sites is 1. The number of piperazine rings is 1. The molecule has 0 saturated carbocycles. The van der Waals surface area contributed by atoms with Crippen molar-refractivity contribution >= 4 is 17.5 Å². The molecule has 1 aliphatic heterocycles. The van der Waals surface area contributed by atoms with Crippen molar-refractivity contribution in [2.24, 2.45) is 0 Å². The van der Waals surface area contributed by atoms with E-state index in [9.17, 15) is 18.0 Å². The molecule has 1 saturated heterocycles.